The van der Waals surface area contributed by atoms with Gasteiger partial charge in [-0.1, -0.05) is 6.42 Å². The Balaban J connectivity index is 2.38. The van der Waals surface area contributed by atoms with E-state index in [4.69, 9.17) is 5.11 Å². The molecule has 0 aromatic rings. The monoisotopic (exact) mass is 323 g/mol. The molecule has 0 heterocycles. The molecule has 0 aromatic carbocycles. The normalized spacial score (nSPS) is 24.9. The van der Waals surface area contributed by atoms with Crippen molar-refractivity contribution in [3.05, 3.63) is 0 Å². The summed E-state index contributed by atoms with van der Waals surface area (Å²) < 4.78 is 23.1. The summed E-state index contributed by atoms with van der Waals surface area (Å²) in [6.45, 7) is 0. The van der Waals surface area contributed by atoms with Crippen molar-refractivity contribution in [1.29, 1.82) is 0 Å². The molecule has 0 saturated heterocycles. The molecule has 20 heavy (non-hydrogen) atoms. The van der Waals surface area contributed by atoms with Gasteiger partial charge in [-0.15, -0.1) is 0 Å². The number of carbonyl (C=O) groups is 2. The predicted octanol–water partition coefficient (Wildman–Crippen LogP) is 0.665. The Kier molecular flexibility index (Phi) is 6.81. The van der Waals surface area contributed by atoms with Crippen LogP contribution >= 0.6 is 11.8 Å². The van der Waals surface area contributed by atoms with Gasteiger partial charge < -0.3 is 10.4 Å². The lowest BCUT2D eigenvalue weighted by atomic mass is 10.00. The van der Waals surface area contributed by atoms with Gasteiger partial charge in [-0.3, -0.25) is 4.79 Å². The molecule has 0 bridgehead atoms. The van der Waals surface area contributed by atoms with Crippen LogP contribution in [0.4, 0.5) is 0 Å². The largest absolute Gasteiger partial charge is 0.480 e. The van der Waals surface area contributed by atoms with Crippen molar-refractivity contribution >= 4 is 34.0 Å². The maximum absolute atomic E-state index is 11.6. The summed E-state index contributed by atoms with van der Waals surface area (Å²) >= 11 is 1.61. The molecule has 1 amide bonds. The van der Waals surface area contributed by atoms with Gasteiger partial charge in [0.1, 0.15) is 15.9 Å². The van der Waals surface area contributed by atoms with Gasteiger partial charge in [-0.05, 0) is 31.4 Å². The van der Waals surface area contributed by atoms with E-state index in [9.17, 15) is 18.0 Å². The van der Waals surface area contributed by atoms with Crippen LogP contribution in [0.1, 0.15) is 32.1 Å². The fourth-order valence-corrected chi connectivity index (χ4v) is 5.06. The topological polar surface area (TPSA) is 101 Å². The number of amides is 1. The average Bonchev–Trinajstić information content (AvgIpc) is 2.37. The molecular weight excluding hydrogens is 302 g/mol. The molecule has 0 aliphatic heterocycles. The van der Waals surface area contributed by atoms with E-state index in [2.05, 4.69) is 5.32 Å². The summed E-state index contributed by atoms with van der Waals surface area (Å²) in [6.07, 6.45) is 5.24. The number of nitrogens with one attached hydrogen (secondary N) is 1. The first kappa shape index (κ1) is 17.3. The maximum atomic E-state index is 11.6. The first-order valence-electron chi connectivity index (χ1n) is 6.57. The Morgan fingerprint density at radius 2 is 2.20 bits per heavy atom. The van der Waals surface area contributed by atoms with Crippen LogP contribution in [0, 0.1) is 0 Å². The van der Waals surface area contributed by atoms with Crippen LogP contribution < -0.4 is 5.32 Å². The van der Waals surface area contributed by atoms with Gasteiger partial charge >= 0.3 is 5.97 Å². The third kappa shape index (κ3) is 5.70. The van der Waals surface area contributed by atoms with Crippen LogP contribution in [0.3, 0.4) is 0 Å². The van der Waals surface area contributed by atoms with E-state index in [0.29, 0.717) is 25.0 Å². The molecule has 1 fully saturated rings. The van der Waals surface area contributed by atoms with Crippen LogP contribution in [0.2, 0.25) is 0 Å². The molecule has 2 N–H and O–H groups in total. The van der Waals surface area contributed by atoms with Gasteiger partial charge in [-0.25, -0.2) is 13.2 Å². The second-order valence-corrected chi connectivity index (χ2v) is 8.81. The van der Waals surface area contributed by atoms with E-state index in [1.165, 1.54) is 6.26 Å². The second-order valence-electron chi connectivity index (χ2n) is 5.07. The molecule has 116 valence electrons. The van der Waals surface area contributed by atoms with Crippen molar-refractivity contribution in [2.24, 2.45) is 0 Å². The van der Waals surface area contributed by atoms with E-state index in [-0.39, 0.29) is 10.5 Å². The summed E-state index contributed by atoms with van der Waals surface area (Å²) in [7, 11) is -2.99. The van der Waals surface area contributed by atoms with Gasteiger partial charge in [0.2, 0.25) is 6.41 Å². The predicted molar refractivity (Wildman–Crippen MR) is 78.6 cm³/mol. The molecule has 1 aliphatic carbocycles. The highest BCUT2D eigenvalue weighted by atomic mass is 32.2. The molecule has 1 aliphatic rings. The van der Waals surface area contributed by atoms with Crippen LogP contribution in [0.25, 0.3) is 0 Å². The number of hydrogen-bond acceptors (Lipinski definition) is 5. The van der Waals surface area contributed by atoms with Gasteiger partial charge in [0.05, 0.1) is 5.25 Å². The average molecular weight is 323 g/mol. The number of sulfone groups is 1. The van der Waals surface area contributed by atoms with Gasteiger partial charge in [0, 0.05) is 11.5 Å². The van der Waals surface area contributed by atoms with Gasteiger partial charge in [-0.2, -0.15) is 11.8 Å². The number of thioether (sulfide) groups is 1. The van der Waals surface area contributed by atoms with Gasteiger partial charge in [0.25, 0.3) is 0 Å². The number of hydrogen-bond donors (Lipinski definition) is 2. The Hall–Kier alpha value is -0.760. The molecule has 6 nitrogen and oxygen atoms in total. The standard InChI is InChI=1S/C12H21NO5S2/c1-20(17,18)10-4-2-3-9(7-10)19-6-5-11(12(15)16)13-8-14/h8-11H,2-7H2,1H3,(H,13,14)(H,15,16). The molecule has 0 radical (unpaired) electrons. The fourth-order valence-electron chi connectivity index (χ4n) is 2.36. The van der Waals surface area contributed by atoms with E-state index >= 15 is 0 Å². The fraction of sp³-hybridized carbons (Fsp3) is 0.833. The first-order valence-corrected chi connectivity index (χ1v) is 9.58. The highest BCUT2D eigenvalue weighted by Gasteiger charge is 2.29. The molecule has 0 aromatic heterocycles. The summed E-state index contributed by atoms with van der Waals surface area (Å²) in [4.78, 5) is 21.1. The van der Waals surface area contributed by atoms with Crippen LogP contribution in [-0.2, 0) is 19.4 Å². The summed E-state index contributed by atoms with van der Waals surface area (Å²) in [5.41, 5.74) is 0. The van der Waals surface area contributed by atoms with E-state index < -0.39 is 21.8 Å². The second kappa shape index (κ2) is 7.87. The third-order valence-corrected chi connectivity index (χ3v) is 6.52. The summed E-state index contributed by atoms with van der Waals surface area (Å²) in [5, 5.41) is 11.1. The molecular formula is C12H21NO5S2. The summed E-state index contributed by atoms with van der Waals surface area (Å²) in [6, 6.07) is -0.866. The first-order chi connectivity index (χ1) is 9.34. The van der Waals surface area contributed by atoms with Gasteiger partial charge in [0.15, 0.2) is 0 Å². The summed E-state index contributed by atoms with van der Waals surface area (Å²) in [5.74, 6) is -0.450. The Bertz CT molecular complexity index is 437. The Labute approximate surface area is 123 Å². The van der Waals surface area contributed by atoms with Crippen molar-refractivity contribution < 1.29 is 23.1 Å². The molecule has 3 unspecified atom stereocenters. The van der Waals surface area contributed by atoms with Crippen LogP contribution in [-0.4, -0.2) is 54.5 Å². The smallest absolute Gasteiger partial charge is 0.326 e. The maximum Gasteiger partial charge on any atom is 0.326 e. The number of rotatable bonds is 8. The molecule has 1 saturated carbocycles. The lowest BCUT2D eigenvalue weighted by Gasteiger charge is -2.27. The van der Waals surface area contributed by atoms with Crippen molar-refractivity contribution in [2.45, 2.75) is 48.6 Å². The van der Waals surface area contributed by atoms with Crippen LogP contribution in [0.5, 0.6) is 0 Å². The minimum atomic E-state index is -2.99. The van der Waals surface area contributed by atoms with Crippen LogP contribution in [0.15, 0.2) is 0 Å². The third-order valence-electron chi connectivity index (χ3n) is 3.51. The number of aliphatic carboxylic acids is 1. The zero-order valence-corrected chi connectivity index (χ0v) is 13.1. The van der Waals surface area contributed by atoms with Crippen molar-refractivity contribution in [3.8, 4) is 0 Å². The van der Waals surface area contributed by atoms with Crippen molar-refractivity contribution in [2.75, 3.05) is 12.0 Å². The van der Waals surface area contributed by atoms with E-state index in [1.54, 1.807) is 11.8 Å². The molecule has 1 rings (SSSR count). The highest BCUT2D eigenvalue weighted by molar-refractivity contribution is 8.00. The Morgan fingerprint density at radius 3 is 2.75 bits per heavy atom. The molecule has 0 spiro atoms. The number of carboxylic acids is 1. The number of carboxylic acid groups (broad SMARTS) is 1. The van der Waals surface area contributed by atoms with Crippen molar-refractivity contribution in [1.82, 2.24) is 5.32 Å². The van der Waals surface area contributed by atoms with Crippen molar-refractivity contribution in [3.63, 3.8) is 0 Å². The minimum absolute atomic E-state index is 0.258. The molecule has 8 heteroatoms. The SMILES string of the molecule is CS(=O)(=O)C1CCCC(SCCC(NC=O)C(=O)O)C1. The highest BCUT2D eigenvalue weighted by Crippen LogP contribution is 2.32. The number of carbonyl (C=O) groups excluding carboxylic acids is 1. The Morgan fingerprint density at radius 1 is 1.50 bits per heavy atom. The quantitative estimate of drug-likeness (QED) is 0.637. The van der Waals surface area contributed by atoms with E-state index in [1.807, 2.05) is 0 Å². The van der Waals surface area contributed by atoms with E-state index in [0.717, 1.165) is 19.3 Å². The zero-order chi connectivity index (χ0) is 15.2. The molecule has 3 atom stereocenters. The zero-order valence-electron chi connectivity index (χ0n) is 11.4. The minimum Gasteiger partial charge on any atom is -0.480 e. The lowest BCUT2D eigenvalue weighted by Crippen LogP contribution is -2.36. The lowest BCUT2D eigenvalue weighted by molar-refractivity contribution is -0.140.